The topological polar surface area (TPSA) is 59.7 Å². The highest BCUT2D eigenvalue weighted by Crippen LogP contribution is 2.24. The molecule has 0 fully saturated rings. The van der Waals surface area contributed by atoms with Crippen molar-refractivity contribution < 1.29 is 4.39 Å². The van der Waals surface area contributed by atoms with E-state index in [0.29, 0.717) is 23.2 Å². The predicted octanol–water partition coefficient (Wildman–Crippen LogP) is 5.39. The van der Waals surface area contributed by atoms with Gasteiger partial charge >= 0.3 is 0 Å². The maximum atomic E-state index is 13.3. The van der Waals surface area contributed by atoms with Crippen molar-refractivity contribution in [2.75, 3.05) is 10.6 Å². The second-order valence-electron chi connectivity index (χ2n) is 7.43. The zero-order valence-corrected chi connectivity index (χ0v) is 19.2. The third-order valence-corrected chi connectivity index (χ3v) is 5.59. The number of hydrogen-bond acceptors (Lipinski definition) is 3. The molecule has 9 heteroatoms. The molecular formula is C23H22ClFN6S. The molecule has 0 aliphatic heterocycles. The summed E-state index contributed by atoms with van der Waals surface area (Å²) in [7, 11) is 0. The number of hydrogen-bond donors (Lipinski definition) is 2. The SMILES string of the molecule is Cc1nn(Cc2ccc(F)cc2Cl)c(C)c1NC(=S)Nc1cnn(Cc2ccccc2)c1. The first-order valence-electron chi connectivity index (χ1n) is 10.0. The molecule has 0 amide bonds. The number of aryl methyl sites for hydroxylation is 1. The number of nitrogens with one attached hydrogen (secondary N) is 2. The van der Waals surface area contributed by atoms with Gasteiger partial charge in [0.05, 0.1) is 42.0 Å². The lowest BCUT2D eigenvalue weighted by molar-refractivity contribution is 0.622. The summed E-state index contributed by atoms with van der Waals surface area (Å²) >= 11 is 11.7. The highest BCUT2D eigenvalue weighted by Gasteiger charge is 2.14. The molecule has 2 aromatic carbocycles. The Hall–Kier alpha value is -3.23. The van der Waals surface area contributed by atoms with Crippen LogP contribution in [0.5, 0.6) is 0 Å². The van der Waals surface area contributed by atoms with Crippen LogP contribution in [0.4, 0.5) is 15.8 Å². The molecule has 0 saturated carbocycles. The average Bonchev–Trinajstić information content (AvgIpc) is 3.29. The molecule has 4 rings (SSSR count). The lowest BCUT2D eigenvalue weighted by atomic mass is 10.2. The van der Waals surface area contributed by atoms with E-state index in [1.54, 1.807) is 12.3 Å². The lowest BCUT2D eigenvalue weighted by Crippen LogP contribution is -2.19. The van der Waals surface area contributed by atoms with Crippen LogP contribution in [-0.2, 0) is 13.1 Å². The predicted molar refractivity (Wildman–Crippen MR) is 130 cm³/mol. The van der Waals surface area contributed by atoms with E-state index in [1.807, 2.05) is 47.6 Å². The summed E-state index contributed by atoms with van der Waals surface area (Å²) in [6.45, 7) is 4.96. The molecular weight excluding hydrogens is 447 g/mol. The largest absolute Gasteiger partial charge is 0.330 e. The van der Waals surface area contributed by atoms with E-state index < -0.39 is 0 Å². The Morgan fingerprint density at radius 3 is 2.62 bits per heavy atom. The second kappa shape index (κ2) is 9.50. The van der Waals surface area contributed by atoms with Crippen LogP contribution in [0.25, 0.3) is 0 Å². The van der Waals surface area contributed by atoms with Gasteiger partial charge in [-0.1, -0.05) is 48.0 Å². The molecule has 6 nitrogen and oxygen atoms in total. The molecule has 0 bridgehead atoms. The fraction of sp³-hybridized carbons (Fsp3) is 0.174. The van der Waals surface area contributed by atoms with Gasteiger partial charge in [-0.05, 0) is 49.3 Å². The molecule has 32 heavy (non-hydrogen) atoms. The van der Waals surface area contributed by atoms with E-state index in [9.17, 15) is 4.39 Å². The molecule has 2 heterocycles. The van der Waals surface area contributed by atoms with Crippen molar-refractivity contribution in [3.8, 4) is 0 Å². The summed E-state index contributed by atoms with van der Waals surface area (Å²) in [6.07, 6.45) is 3.64. The fourth-order valence-corrected chi connectivity index (χ4v) is 3.85. The Bertz CT molecular complexity index is 1250. The number of halogens is 2. The zero-order valence-electron chi connectivity index (χ0n) is 17.6. The van der Waals surface area contributed by atoms with E-state index in [0.717, 1.165) is 28.3 Å². The standard InChI is InChI=1S/C23H22ClFN6S/c1-15-22(16(2)31(29-15)13-18-8-9-19(25)10-21(18)24)28-23(32)27-20-11-26-30(14-20)12-17-6-4-3-5-7-17/h3-11,14H,12-13H2,1-2H3,(H2,27,28,32). The van der Waals surface area contributed by atoms with Gasteiger partial charge in [0, 0.05) is 11.2 Å². The molecule has 4 aromatic rings. The number of aromatic nitrogens is 4. The molecule has 2 N–H and O–H groups in total. The summed E-state index contributed by atoms with van der Waals surface area (Å²) in [6, 6.07) is 14.5. The third-order valence-electron chi connectivity index (χ3n) is 5.03. The molecule has 0 aliphatic rings. The minimum atomic E-state index is -0.363. The first-order chi connectivity index (χ1) is 15.4. The third kappa shape index (κ3) is 5.15. The average molecular weight is 469 g/mol. The van der Waals surface area contributed by atoms with E-state index in [4.69, 9.17) is 23.8 Å². The van der Waals surface area contributed by atoms with Gasteiger partial charge in [-0.25, -0.2) is 4.39 Å². The highest BCUT2D eigenvalue weighted by molar-refractivity contribution is 7.80. The molecule has 2 aromatic heterocycles. The minimum Gasteiger partial charge on any atom is -0.330 e. The maximum Gasteiger partial charge on any atom is 0.175 e. The van der Waals surface area contributed by atoms with Gasteiger partial charge in [0.15, 0.2) is 5.11 Å². The number of anilines is 2. The van der Waals surface area contributed by atoms with Gasteiger partial charge in [-0.2, -0.15) is 10.2 Å². The van der Waals surface area contributed by atoms with E-state index >= 15 is 0 Å². The Labute approximate surface area is 196 Å². The first-order valence-corrected chi connectivity index (χ1v) is 10.8. The number of benzene rings is 2. The Balaban J connectivity index is 1.41. The van der Waals surface area contributed by atoms with Crippen molar-refractivity contribution in [1.82, 2.24) is 19.6 Å². The summed E-state index contributed by atoms with van der Waals surface area (Å²) in [5.41, 5.74) is 5.26. The van der Waals surface area contributed by atoms with Crippen LogP contribution in [0.15, 0.2) is 60.9 Å². The molecule has 0 spiro atoms. The van der Waals surface area contributed by atoms with Crippen LogP contribution in [0.3, 0.4) is 0 Å². The van der Waals surface area contributed by atoms with Crippen LogP contribution in [0, 0.1) is 19.7 Å². The Morgan fingerprint density at radius 1 is 1.09 bits per heavy atom. The zero-order chi connectivity index (χ0) is 22.7. The van der Waals surface area contributed by atoms with E-state index in [2.05, 4.69) is 33.0 Å². The second-order valence-corrected chi connectivity index (χ2v) is 8.25. The molecule has 164 valence electrons. The molecule has 0 saturated heterocycles. The molecule has 0 radical (unpaired) electrons. The Kier molecular flexibility index (Phi) is 6.53. The smallest absolute Gasteiger partial charge is 0.175 e. The number of rotatable bonds is 6. The molecule has 0 atom stereocenters. The van der Waals surface area contributed by atoms with Crippen LogP contribution in [-0.4, -0.2) is 24.7 Å². The van der Waals surface area contributed by atoms with E-state index in [-0.39, 0.29) is 5.82 Å². The minimum absolute atomic E-state index is 0.363. The fourth-order valence-electron chi connectivity index (χ4n) is 3.40. The summed E-state index contributed by atoms with van der Waals surface area (Å²) < 4.78 is 17.0. The summed E-state index contributed by atoms with van der Waals surface area (Å²) in [5.74, 6) is -0.363. The molecule has 0 unspecified atom stereocenters. The van der Waals surface area contributed by atoms with Gasteiger partial charge in [0.2, 0.25) is 0 Å². The van der Waals surface area contributed by atoms with Crippen molar-refractivity contribution in [2.24, 2.45) is 0 Å². The van der Waals surface area contributed by atoms with Crippen molar-refractivity contribution in [2.45, 2.75) is 26.9 Å². The van der Waals surface area contributed by atoms with Crippen molar-refractivity contribution in [1.29, 1.82) is 0 Å². The van der Waals surface area contributed by atoms with Gasteiger partial charge in [0.25, 0.3) is 0 Å². The lowest BCUT2D eigenvalue weighted by Gasteiger charge is -2.10. The monoisotopic (exact) mass is 468 g/mol. The maximum absolute atomic E-state index is 13.3. The van der Waals surface area contributed by atoms with Crippen LogP contribution >= 0.6 is 23.8 Å². The summed E-state index contributed by atoms with van der Waals surface area (Å²) in [5, 5.41) is 16.2. The first kappa shape index (κ1) is 22.0. The van der Waals surface area contributed by atoms with Crippen LogP contribution < -0.4 is 10.6 Å². The molecule has 0 aliphatic carbocycles. The van der Waals surface area contributed by atoms with Crippen molar-refractivity contribution in [3.63, 3.8) is 0 Å². The highest BCUT2D eigenvalue weighted by atomic mass is 35.5. The van der Waals surface area contributed by atoms with Gasteiger partial charge in [0.1, 0.15) is 5.82 Å². The van der Waals surface area contributed by atoms with Crippen LogP contribution in [0.1, 0.15) is 22.5 Å². The quantitative estimate of drug-likeness (QED) is 0.371. The van der Waals surface area contributed by atoms with Crippen molar-refractivity contribution in [3.05, 3.63) is 94.3 Å². The van der Waals surface area contributed by atoms with Gasteiger partial charge in [-0.3, -0.25) is 9.36 Å². The number of thiocarbonyl (C=S) groups is 1. The number of nitrogens with zero attached hydrogens (tertiary/aromatic N) is 4. The Morgan fingerprint density at radius 2 is 1.88 bits per heavy atom. The normalized spacial score (nSPS) is 10.9. The van der Waals surface area contributed by atoms with Gasteiger partial charge < -0.3 is 10.6 Å². The summed E-state index contributed by atoms with van der Waals surface area (Å²) in [4.78, 5) is 0. The van der Waals surface area contributed by atoms with Crippen molar-refractivity contribution >= 4 is 40.3 Å². The van der Waals surface area contributed by atoms with E-state index in [1.165, 1.54) is 17.7 Å². The van der Waals surface area contributed by atoms with Gasteiger partial charge in [-0.15, -0.1) is 0 Å². The van der Waals surface area contributed by atoms with Crippen LogP contribution in [0.2, 0.25) is 5.02 Å².